The molecule has 1 aromatic heterocycles. The van der Waals surface area contributed by atoms with E-state index in [0.29, 0.717) is 12.1 Å². The normalized spacial score (nSPS) is 25.7. The highest BCUT2D eigenvalue weighted by molar-refractivity contribution is 7.99. The third kappa shape index (κ3) is 3.29. The van der Waals surface area contributed by atoms with Gasteiger partial charge in [-0.05, 0) is 68.1 Å². The highest BCUT2D eigenvalue weighted by Gasteiger charge is 2.39. The second-order valence-electron chi connectivity index (χ2n) is 6.27. The molecule has 23 heavy (non-hydrogen) atoms. The summed E-state index contributed by atoms with van der Waals surface area (Å²) >= 11 is 3.14. The molecule has 3 unspecified atom stereocenters. The van der Waals surface area contributed by atoms with E-state index in [2.05, 4.69) is 28.0 Å². The maximum Gasteiger partial charge on any atom is 0.251 e. The largest absolute Gasteiger partial charge is 0.348 e. The minimum Gasteiger partial charge on any atom is -0.348 e. The summed E-state index contributed by atoms with van der Waals surface area (Å²) < 4.78 is 4.38. The number of nitrogens with one attached hydrogen (secondary N) is 2. The molecule has 1 amide bonds. The van der Waals surface area contributed by atoms with Gasteiger partial charge in [0.05, 0.1) is 0 Å². The van der Waals surface area contributed by atoms with Crippen LogP contribution in [0.3, 0.4) is 0 Å². The average Bonchev–Trinajstić information content (AvgIpc) is 3.25. The highest BCUT2D eigenvalue weighted by Crippen LogP contribution is 2.30. The van der Waals surface area contributed by atoms with Crippen LogP contribution < -0.4 is 10.6 Å². The van der Waals surface area contributed by atoms with Crippen molar-refractivity contribution in [3.63, 3.8) is 0 Å². The molecular weight excluding hydrogens is 326 g/mol. The lowest BCUT2D eigenvalue weighted by molar-refractivity contribution is 0.0931. The molecule has 2 aliphatic rings. The molecule has 2 aromatic rings. The number of amides is 1. The molecule has 2 aliphatic heterocycles. The maximum atomic E-state index is 12.4. The van der Waals surface area contributed by atoms with E-state index in [1.165, 1.54) is 29.3 Å². The minimum absolute atomic E-state index is 0.0328. The summed E-state index contributed by atoms with van der Waals surface area (Å²) in [6, 6.07) is 11.2. The molecule has 4 rings (SSSR count). The smallest absolute Gasteiger partial charge is 0.251 e. The Bertz CT molecular complexity index is 713. The number of fused-ring (bicyclic) bond motifs is 2. The monoisotopic (exact) mass is 345 g/mol. The Hall–Kier alpha value is -1.37. The van der Waals surface area contributed by atoms with Crippen molar-refractivity contribution in [1.82, 2.24) is 15.0 Å². The van der Waals surface area contributed by atoms with Gasteiger partial charge in [-0.1, -0.05) is 11.8 Å². The van der Waals surface area contributed by atoms with Crippen molar-refractivity contribution < 1.29 is 4.79 Å². The van der Waals surface area contributed by atoms with Gasteiger partial charge in [-0.3, -0.25) is 4.79 Å². The van der Waals surface area contributed by atoms with Crippen LogP contribution in [-0.2, 0) is 0 Å². The van der Waals surface area contributed by atoms with E-state index in [-0.39, 0.29) is 11.9 Å². The van der Waals surface area contributed by atoms with E-state index < -0.39 is 0 Å². The first-order valence-corrected chi connectivity index (χ1v) is 9.54. The quantitative estimate of drug-likeness (QED) is 0.893. The van der Waals surface area contributed by atoms with E-state index in [0.717, 1.165) is 21.9 Å². The van der Waals surface area contributed by atoms with Gasteiger partial charge in [0.15, 0.2) is 0 Å². The molecule has 2 saturated heterocycles. The summed E-state index contributed by atoms with van der Waals surface area (Å²) in [4.78, 5) is 14.7. The standard InChI is InChI=1S/C17H19N3OS2/c1-10-8-16(20-23-10)22-13-5-2-11(3-6-13)17(21)19-15-9-12-4-7-14(15)18-12/h2-3,5-6,8,12,14-15,18H,4,7,9H2,1H3,(H,19,21). The van der Waals surface area contributed by atoms with Crippen LogP contribution in [0, 0.1) is 6.92 Å². The Labute approximate surface area is 144 Å². The van der Waals surface area contributed by atoms with Crippen LogP contribution in [-0.4, -0.2) is 28.4 Å². The molecule has 4 nitrogen and oxygen atoms in total. The van der Waals surface area contributed by atoms with Crippen molar-refractivity contribution >= 4 is 29.2 Å². The van der Waals surface area contributed by atoms with Crippen molar-refractivity contribution in [3.05, 3.63) is 40.8 Å². The van der Waals surface area contributed by atoms with E-state index >= 15 is 0 Å². The molecule has 3 heterocycles. The van der Waals surface area contributed by atoms with Crippen molar-refractivity contribution in [3.8, 4) is 0 Å². The SMILES string of the molecule is Cc1cc(Sc2ccc(C(=O)NC3CC4CCC3N4)cc2)ns1. The fourth-order valence-electron chi connectivity index (χ4n) is 3.42. The Balaban J connectivity index is 1.38. The van der Waals surface area contributed by atoms with Crippen LogP contribution in [0.25, 0.3) is 0 Å². The van der Waals surface area contributed by atoms with Gasteiger partial charge >= 0.3 is 0 Å². The number of rotatable bonds is 4. The fourth-order valence-corrected chi connectivity index (χ4v) is 4.96. The highest BCUT2D eigenvalue weighted by atomic mass is 32.2. The van der Waals surface area contributed by atoms with Gasteiger partial charge in [0.2, 0.25) is 0 Å². The molecule has 120 valence electrons. The van der Waals surface area contributed by atoms with E-state index in [1.807, 2.05) is 24.3 Å². The lowest BCUT2D eigenvalue weighted by Gasteiger charge is -2.21. The van der Waals surface area contributed by atoms with E-state index in [1.54, 1.807) is 11.8 Å². The van der Waals surface area contributed by atoms with E-state index in [9.17, 15) is 4.79 Å². The van der Waals surface area contributed by atoms with Crippen LogP contribution >= 0.6 is 23.3 Å². The van der Waals surface area contributed by atoms with Gasteiger partial charge in [0.1, 0.15) is 5.03 Å². The molecular formula is C17H19N3OS2. The summed E-state index contributed by atoms with van der Waals surface area (Å²) in [5, 5.41) is 7.74. The first-order valence-electron chi connectivity index (χ1n) is 7.95. The third-order valence-electron chi connectivity index (χ3n) is 4.56. The van der Waals surface area contributed by atoms with Crippen LogP contribution in [0.1, 0.15) is 34.5 Å². The molecule has 1 aromatic carbocycles. The summed E-state index contributed by atoms with van der Waals surface area (Å²) in [6.07, 6.45) is 3.49. The summed E-state index contributed by atoms with van der Waals surface area (Å²) in [5.74, 6) is 0.0328. The first kappa shape index (κ1) is 15.2. The number of benzene rings is 1. The van der Waals surface area contributed by atoms with Crippen LogP contribution in [0.5, 0.6) is 0 Å². The van der Waals surface area contributed by atoms with Gasteiger partial charge in [0, 0.05) is 33.5 Å². The molecule has 0 aliphatic carbocycles. The van der Waals surface area contributed by atoms with E-state index in [4.69, 9.17) is 0 Å². The second-order valence-corrected chi connectivity index (χ2v) is 8.37. The molecule has 2 bridgehead atoms. The van der Waals surface area contributed by atoms with Crippen molar-refractivity contribution in [2.24, 2.45) is 0 Å². The summed E-state index contributed by atoms with van der Waals surface area (Å²) in [6.45, 7) is 2.06. The average molecular weight is 345 g/mol. The van der Waals surface area contributed by atoms with Crippen LogP contribution in [0.2, 0.25) is 0 Å². The number of aromatic nitrogens is 1. The Morgan fingerprint density at radius 1 is 1.35 bits per heavy atom. The number of nitrogens with zero attached hydrogens (tertiary/aromatic N) is 1. The lowest BCUT2D eigenvalue weighted by Crippen LogP contribution is -2.42. The number of carbonyl (C=O) groups is 1. The Morgan fingerprint density at radius 3 is 2.78 bits per heavy atom. The second kappa shape index (κ2) is 6.26. The zero-order valence-corrected chi connectivity index (χ0v) is 14.5. The zero-order chi connectivity index (χ0) is 15.8. The fraction of sp³-hybridized carbons (Fsp3) is 0.412. The van der Waals surface area contributed by atoms with Crippen LogP contribution in [0.15, 0.2) is 40.3 Å². The number of aryl methyl sites for hydroxylation is 1. The first-order chi connectivity index (χ1) is 11.2. The maximum absolute atomic E-state index is 12.4. The molecule has 3 atom stereocenters. The number of carbonyl (C=O) groups excluding carboxylic acids is 1. The lowest BCUT2D eigenvalue weighted by atomic mass is 9.95. The number of hydrogen-bond acceptors (Lipinski definition) is 5. The topological polar surface area (TPSA) is 54.0 Å². The molecule has 0 radical (unpaired) electrons. The molecule has 2 N–H and O–H groups in total. The van der Waals surface area contributed by atoms with Gasteiger partial charge in [0.25, 0.3) is 5.91 Å². The predicted molar refractivity (Wildman–Crippen MR) is 93.2 cm³/mol. The van der Waals surface area contributed by atoms with Crippen LogP contribution in [0.4, 0.5) is 0 Å². The van der Waals surface area contributed by atoms with Crippen molar-refractivity contribution in [2.45, 2.75) is 54.2 Å². The predicted octanol–water partition coefficient (Wildman–Crippen LogP) is 3.23. The van der Waals surface area contributed by atoms with Crippen molar-refractivity contribution in [2.75, 3.05) is 0 Å². The summed E-state index contributed by atoms with van der Waals surface area (Å²) in [5.41, 5.74) is 0.728. The molecule has 2 fully saturated rings. The molecule has 0 spiro atoms. The van der Waals surface area contributed by atoms with Gasteiger partial charge in [-0.15, -0.1) is 0 Å². The zero-order valence-electron chi connectivity index (χ0n) is 12.9. The van der Waals surface area contributed by atoms with Gasteiger partial charge in [-0.25, -0.2) is 0 Å². The number of hydrogen-bond donors (Lipinski definition) is 2. The van der Waals surface area contributed by atoms with Gasteiger partial charge in [-0.2, -0.15) is 4.37 Å². The minimum atomic E-state index is 0.0328. The van der Waals surface area contributed by atoms with Gasteiger partial charge < -0.3 is 10.6 Å². The molecule has 6 heteroatoms. The molecule has 0 saturated carbocycles. The summed E-state index contributed by atoms with van der Waals surface area (Å²) in [7, 11) is 0. The Kier molecular flexibility index (Phi) is 4.13. The third-order valence-corrected chi connectivity index (χ3v) is 6.30. The van der Waals surface area contributed by atoms with Crippen molar-refractivity contribution in [1.29, 1.82) is 0 Å². The Morgan fingerprint density at radius 2 is 2.17 bits per heavy atom.